The molecule has 1 heterocycles. The van der Waals surface area contributed by atoms with Crippen molar-refractivity contribution in [3.8, 4) is 0 Å². The van der Waals surface area contributed by atoms with Crippen LogP contribution in [0.15, 0.2) is 0 Å². The minimum absolute atomic E-state index is 0.224. The molecular formula is C5H10O4. The predicted molar refractivity (Wildman–Crippen MR) is 28.8 cm³/mol. The zero-order chi connectivity index (χ0) is 6.69. The van der Waals surface area contributed by atoms with Gasteiger partial charge in [0.1, 0.15) is 19.0 Å². The second kappa shape index (κ2) is 3.12. The van der Waals surface area contributed by atoms with Gasteiger partial charge in [-0.2, -0.15) is 0 Å². The Hall–Kier alpha value is -0.160. The summed E-state index contributed by atoms with van der Waals surface area (Å²) < 4.78 is 9.66. The molecule has 0 radical (unpaired) electrons. The normalized spacial score (nSPS) is 30.7. The Kier molecular flexibility index (Phi) is 2.41. The Bertz CT molecular complexity index is 79.0. The van der Waals surface area contributed by atoms with E-state index >= 15 is 0 Å². The first-order valence-electron chi connectivity index (χ1n) is 2.83. The summed E-state index contributed by atoms with van der Waals surface area (Å²) in [5.74, 6) is 0. The van der Waals surface area contributed by atoms with E-state index in [1.807, 2.05) is 0 Å². The van der Waals surface area contributed by atoms with Crippen LogP contribution in [0.4, 0.5) is 0 Å². The second-order valence-electron chi connectivity index (χ2n) is 1.94. The maximum absolute atomic E-state index is 8.90. The third-order valence-electron chi connectivity index (χ3n) is 1.26. The monoisotopic (exact) mass is 134 g/mol. The van der Waals surface area contributed by atoms with E-state index in [0.717, 1.165) is 0 Å². The van der Waals surface area contributed by atoms with Gasteiger partial charge in [-0.3, -0.25) is 0 Å². The standard InChI is InChI=1S/C5H10O4/c6-1-4(7)5-2-8-3-9-5/h4-7H,1-3H2. The van der Waals surface area contributed by atoms with E-state index in [-0.39, 0.29) is 19.5 Å². The van der Waals surface area contributed by atoms with E-state index in [9.17, 15) is 0 Å². The van der Waals surface area contributed by atoms with Gasteiger partial charge in [0.15, 0.2) is 0 Å². The second-order valence-corrected chi connectivity index (χ2v) is 1.94. The molecule has 1 aliphatic rings. The fourth-order valence-electron chi connectivity index (χ4n) is 0.688. The van der Waals surface area contributed by atoms with E-state index in [4.69, 9.17) is 19.7 Å². The Morgan fingerprint density at radius 3 is 2.89 bits per heavy atom. The van der Waals surface area contributed by atoms with Crippen molar-refractivity contribution in [1.29, 1.82) is 0 Å². The zero-order valence-electron chi connectivity index (χ0n) is 4.99. The molecule has 0 aromatic carbocycles. The summed E-state index contributed by atoms with van der Waals surface area (Å²) in [6, 6.07) is 0. The maximum atomic E-state index is 8.90. The molecule has 0 aliphatic carbocycles. The Balaban J connectivity index is 2.24. The van der Waals surface area contributed by atoms with Gasteiger partial charge in [0, 0.05) is 0 Å². The number of hydrogen-bond acceptors (Lipinski definition) is 4. The maximum Gasteiger partial charge on any atom is 0.147 e. The highest BCUT2D eigenvalue weighted by Gasteiger charge is 2.23. The third kappa shape index (κ3) is 1.62. The van der Waals surface area contributed by atoms with Gasteiger partial charge in [-0.1, -0.05) is 0 Å². The summed E-state index contributed by atoms with van der Waals surface area (Å²) >= 11 is 0. The molecule has 2 unspecified atom stereocenters. The summed E-state index contributed by atoms with van der Waals surface area (Å²) in [4.78, 5) is 0. The molecule has 2 atom stereocenters. The fraction of sp³-hybridized carbons (Fsp3) is 1.00. The average molecular weight is 134 g/mol. The SMILES string of the molecule is OCC(O)C1COCO1. The van der Waals surface area contributed by atoms with Crippen molar-refractivity contribution in [1.82, 2.24) is 0 Å². The van der Waals surface area contributed by atoms with Crippen LogP contribution in [0.2, 0.25) is 0 Å². The van der Waals surface area contributed by atoms with Crippen LogP contribution in [0.25, 0.3) is 0 Å². The summed E-state index contributed by atoms with van der Waals surface area (Å²) in [7, 11) is 0. The van der Waals surface area contributed by atoms with Crippen molar-refractivity contribution in [3.63, 3.8) is 0 Å². The van der Waals surface area contributed by atoms with Crippen molar-refractivity contribution >= 4 is 0 Å². The number of aliphatic hydroxyl groups is 2. The van der Waals surface area contributed by atoms with E-state index in [1.165, 1.54) is 0 Å². The van der Waals surface area contributed by atoms with Crippen LogP contribution in [-0.4, -0.2) is 42.4 Å². The quantitative estimate of drug-likeness (QED) is 0.493. The largest absolute Gasteiger partial charge is 0.394 e. The zero-order valence-corrected chi connectivity index (χ0v) is 4.99. The molecule has 1 aliphatic heterocycles. The minimum Gasteiger partial charge on any atom is -0.394 e. The molecule has 1 rings (SSSR count). The molecule has 0 amide bonds. The van der Waals surface area contributed by atoms with Gasteiger partial charge in [-0.15, -0.1) is 0 Å². The van der Waals surface area contributed by atoms with Crippen molar-refractivity contribution in [3.05, 3.63) is 0 Å². The lowest BCUT2D eigenvalue weighted by Gasteiger charge is -2.11. The van der Waals surface area contributed by atoms with Gasteiger partial charge in [-0.25, -0.2) is 0 Å². The number of aliphatic hydroxyl groups excluding tert-OH is 2. The van der Waals surface area contributed by atoms with Crippen LogP contribution < -0.4 is 0 Å². The van der Waals surface area contributed by atoms with E-state index in [1.54, 1.807) is 0 Å². The van der Waals surface area contributed by atoms with Crippen LogP contribution in [0.3, 0.4) is 0 Å². The molecule has 0 spiro atoms. The van der Waals surface area contributed by atoms with Crippen LogP contribution in [0.5, 0.6) is 0 Å². The summed E-state index contributed by atoms with van der Waals surface area (Å²) in [5.41, 5.74) is 0. The Morgan fingerprint density at radius 1 is 1.67 bits per heavy atom. The predicted octanol–water partition coefficient (Wildman–Crippen LogP) is -1.29. The van der Waals surface area contributed by atoms with Gasteiger partial charge in [0.25, 0.3) is 0 Å². The highest BCUT2D eigenvalue weighted by molar-refractivity contribution is 4.68. The Labute approximate surface area is 53.0 Å². The summed E-state index contributed by atoms with van der Waals surface area (Å²) in [5, 5.41) is 17.3. The molecule has 1 fully saturated rings. The molecule has 54 valence electrons. The molecular weight excluding hydrogens is 124 g/mol. The van der Waals surface area contributed by atoms with Crippen LogP contribution in [-0.2, 0) is 9.47 Å². The molecule has 0 aromatic heterocycles. The molecule has 4 heteroatoms. The lowest BCUT2D eigenvalue weighted by atomic mass is 10.2. The Morgan fingerprint density at radius 2 is 2.44 bits per heavy atom. The molecule has 0 saturated carbocycles. The van der Waals surface area contributed by atoms with Gasteiger partial charge >= 0.3 is 0 Å². The molecule has 1 saturated heterocycles. The minimum atomic E-state index is -0.799. The molecule has 0 aromatic rings. The number of hydrogen-bond donors (Lipinski definition) is 2. The lowest BCUT2D eigenvalue weighted by Crippen LogP contribution is -2.30. The van der Waals surface area contributed by atoms with Crippen molar-refractivity contribution in [2.45, 2.75) is 12.2 Å². The summed E-state index contributed by atoms with van der Waals surface area (Å²) in [6.07, 6.45) is -1.14. The topological polar surface area (TPSA) is 58.9 Å². The highest BCUT2D eigenvalue weighted by Crippen LogP contribution is 2.06. The first kappa shape index (κ1) is 6.95. The highest BCUT2D eigenvalue weighted by atomic mass is 16.7. The van der Waals surface area contributed by atoms with Gasteiger partial charge in [0.05, 0.1) is 13.2 Å². The van der Waals surface area contributed by atoms with Gasteiger partial charge in [0.2, 0.25) is 0 Å². The van der Waals surface area contributed by atoms with E-state index < -0.39 is 6.10 Å². The van der Waals surface area contributed by atoms with Crippen LogP contribution in [0.1, 0.15) is 0 Å². The van der Waals surface area contributed by atoms with E-state index in [2.05, 4.69) is 0 Å². The van der Waals surface area contributed by atoms with Crippen molar-refractivity contribution < 1.29 is 19.7 Å². The van der Waals surface area contributed by atoms with Gasteiger partial charge in [-0.05, 0) is 0 Å². The molecule has 9 heavy (non-hydrogen) atoms. The third-order valence-corrected chi connectivity index (χ3v) is 1.26. The van der Waals surface area contributed by atoms with Crippen molar-refractivity contribution in [2.24, 2.45) is 0 Å². The average Bonchev–Trinajstić information content (AvgIpc) is 2.37. The first-order chi connectivity index (χ1) is 4.34. The summed E-state index contributed by atoms with van der Waals surface area (Å²) in [6.45, 7) is 0.331. The van der Waals surface area contributed by atoms with Crippen LogP contribution >= 0.6 is 0 Å². The molecule has 4 nitrogen and oxygen atoms in total. The lowest BCUT2D eigenvalue weighted by molar-refractivity contribution is -0.0310. The van der Waals surface area contributed by atoms with Gasteiger partial charge < -0.3 is 19.7 Å². The first-order valence-corrected chi connectivity index (χ1v) is 2.83. The van der Waals surface area contributed by atoms with Crippen LogP contribution in [0, 0.1) is 0 Å². The number of ether oxygens (including phenoxy) is 2. The smallest absolute Gasteiger partial charge is 0.147 e. The molecule has 0 bridgehead atoms. The molecule has 2 N–H and O–H groups in total. The number of rotatable bonds is 2. The van der Waals surface area contributed by atoms with E-state index in [0.29, 0.717) is 6.61 Å². The van der Waals surface area contributed by atoms with Crippen molar-refractivity contribution in [2.75, 3.05) is 20.0 Å². The fourth-order valence-corrected chi connectivity index (χ4v) is 0.688.